The van der Waals surface area contributed by atoms with Gasteiger partial charge in [-0.1, -0.05) is 24.3 Å². The first-order valence-electron chi connectivity index (χ1n) is 13.6. The van der Waals surface area contributed by atoms with Crippen LogP contribution in [0.25, 0.3) is 11.1 Å². The van der Waals surface area contributed by atoms with Crippen molar-refractivity contribution in [2.24, 2.45) is 0 Å². The number of amides is 3. The molecule has 212 valence electrons. The van der Waals surface area contributed by atoms with E-state index in [0.717, 1.165) is 58.2 Å². The van der Waals surface area contributed by atoms with Gasteiger partial charge in [0.25, 0.3) is 17.7 Å². The number of carbonyl (C=O) groups excluding carboxylic acids is 3. The first-order chi connectivity index (χ1) is 20.2. The molecule has 0 radical (unpaired) electrons. The normalized spacial score (nSPS) is 16.0. The Labute approximate surface area is 251 Å². The van der Waals surface area contributed by atoms with Crippen LogP contribution < -0.4 is 15.5 Å². The third kappa shape index (κ3) is 4.97. The molecule has 2 aromatic carbocycles. The Kier molecular flexibility index (Phi) is 7.34. The van der Waals surface area contributed by atoms with Crippen LogP contribution in [0.2, 0.25) is 0 Å². The summed E-state index contributed by atoms with van der Waals surface area (Å²) in [6.45, 7) is 3.83. The fourth-order valence-electron chi connectivity index (χ4n) is 5.57. The summed E-state index contributed by atoms with van der Waals surface area (Å²) in [6.07, 6.45) is 5.39. The summed E-state index contributed by atoms with van der Waals surface area (Å²) in [5, 5.41) is 6.31. The topological polar surface area (TPSA) is 83.4 Å². The molecular formula is C32H27FN4O3S2. The van der Waals surface area contributed by atoms with Crippen LogP contribution in [-0.4, -0.2) is 27.4 Å². The maximum atomic E-state index is 13.9. The van der Waals surface area contributed by atoms with E-state index in [1.807, 2.05) is 54.8 Å². The number of aromatic nitrogens is 1. The summed E-state index contributed by atoms with van der Waals surface area (Å²) in [4.78, 5) is 42.5. The molecule has 6 rings (SSSR count). The Morgan fingerprint density at radius 3 is 2.57 bits per heavy atom. The van der Waals surface area contributed by atoms with E-state index in [1.165, 1.54) is 29.2 Å². The molecule has 10 heteroatoms. The van der Waals surface area contributed by atoms with Crippen molar-refractivity contribution >= 4 is 63.8 Å². The summed E-state index contributed by atoms with van der Waals surface area (Å²) in [6, 6.07) is 16.7. The van der Waals surface area contributed by atoms with E-state index < -0.39 is 17.6 Å². The first kappa shape index (κ1) is 27.7. The van der Waals surface area contributed by atoms with E-state index >= 15 is 0 Å². The molecule has 42 heavy (non-hydrogen) atoms. The second-order valence-corrected chi connectivity index (χ2v) is 11.8. The van der Waals surface area contributed by atoms with Gasteiger partial charge in [-0.2, -0.15) is 0 Å². The predicted molar refractivity (Wildman–Crippen MR) is 167 cm³/mol. The highest BCUT2D eigenvalue weighted by Crippen LogP contribution is 2.39. The minimum absolute atomic E-state index is 0.114. The number of hydrogen-bond donors (Lipinski definition) is 2. The minimum Gasteiger partial charge on any atom is -0.322 e. The second kappa shape index (κ2) is 11.1. The number of fused-ring (bicyclic) bond motifs is 1. The molecule has 0 saturated carbocycles. The van der Waals surface area contributed by atoms with Crippen LogP contribution in [0.5, 0.6) is 0 Å². The van der Waals surface area contributed by atoms with Crippen LogP contribution in [0.1, 0.15) is 50.6 Å². The Hall–Kier alpha value is -4.41. The zero-order valence-corrected chi connectivity index (χ0v) is 24.6. The van der Waals surface area contributed by atoms with Gasteiger partial charge in [0.05, 0.1) is 11.3 Å². The number of nitrogens with zero attached hydrogens (tertiary/aromatic N) is 2. The average molecular weight is 599 g/mol. The number of anilines is 2. The average Bonchev–Trinajstić information content (AvgIpc) is 3.47. The smallest absolute Gasteiger partial charge is 0.270 e. The van der Waals surface area contributed by atoms with Gasteiger partial charge in [-0.05, 0) is 105 Å². The number of thiocarbonyl (C=S) groups is 1. The van der Waals surface area contributed by atoms with Crippen molar-refractivity contribution in [3.63, 3.8) is 0 Å². The van der Waals surface area contributed by atoms with E-state index in [2.05, 4.69) is 10.6 Å². The fourth-order valence-corrected chi connectivity index (χ4v) is 7.35. The van der Waals surface area contributed by atoms with Crippen LogP contribution in [-0.2, 0) is 22.4 Å². The van der Waals surface area contributed by atoms with Crippen molar-refractivity contribution in [2.75, 3.05) is 10.2 Å². The number of rotatable bonds is 5. The molecule has 0 atom stereocenters. The molecule has 3 amide bonds. The van der Waals surface area contributed by atoms with Gasteiger partial charge in [0, 0.05) is 22.0 Å². The molecule has 2 N–H and O–H groups in total. The zero-order chi connectivity index (χ0) is 29.5. The highest BCUT2D eigenvalue weighted by Gasteiger charge is 2.35. The van der Waals surface area contributed by atoms with Gasteiger partial charge < -0.3 is 9.88 Å². The van der Waals surface area contributed by atoms with E-state index in [0.29, 0.717) is 11.1 Å². The Morgan fingerprint density at radius 2 is 1.81 bits per heavy atom. The maximum Gasteiger partial charge on any atom is 0.270 e. The molecule has 1 saturated heterocycles. The summed E-state index contributed by atoms with van der Waals surface area (Å²) in [5.41, 5.74) is 4.85. The number of nitrogens with one attached hydrogen (secondary N) is 2. The number of hydrogen-bond acceptors (Lipinski definition) is 5. The Balaban J connectivity index is 1.42. The minimum atomic E-state index is -0.645. The summed E-state index contributed by atoms with van der Waals surface area (Å²) in [5.74, 6) is -1.96. The number of benzene rings is 2. The van der Waals surface area contributed by atoms with Crippen LogP contribution >= 0.6 is 23.6 Å². The molecule has 2 aromatic heterocycles. The molecule has 0 unspecified atom stereocenters. The molecule has 1 fully saturated rings. The van der Waals surface area contributed by atoms with E-state index in [9.17, 15) is 18.8 Å². The van der Waals surface area contributed by atoms with Gasteiger partial charge >= 0.3 is 0 Å². The molecule has 3 heterocycles. The zero-order valence-electron chi connectivity index (χ0n) is 23.0. The lowest BCUT2D eigenvalue weighted by molar-refractivity contribution is -0.122. The molecule has 1 aliphatic heterocycles. The van der Waals surface area contributed by atoms with Gasteiger partial charge in [0.1, 0.15) is 16.4 Å². The lowest BCUT2D eigenvalue weighted by Gasteiger charge is -2.28. The van der Waals surface area contributed by atoms with Crippen molar-refractivity contribution in [1.29, 1.82) is 0 Å². The number of thiophene rings is 1. The van der Waals surface area contributed by atoms with Gasteiger partial charge in [-0.25, -0.2) is 4.39 Å². The molecule has 2 aliphatic rings. The highest BCUT2D eigenvalue weighted by atomic mass is 32.1. The fraction of sp³-hybridized carbons (Fsp3) is 0.188. The van der Waals surface area contributed by atoms with Crippen LogP contribution in [0.4, 0.5) is 15.8 Å². The number of halogens is 1. The van der Waals surface area contributed by atoms with Crippen molar-refractivity contribution in [3.05, 3.63) is 105 Å². The van der Waals surface area contributed by atoms with Crippen molar-refractivity contribution in [2.45, 2.75) is 39.5 Å². The first-order valence-corrected chi connectivity index (χ1v) is 14.8. The third-order valence-corrected chi connectivity index (χ3v) is 9.11. The van der Waals surface area contributed by atoms with Crippen molar-refractivity contribution < 1.29 is 18.8 Å². The predicted octanol–water partition coefficient (Wildman–Crippen LogP) is 6.26. The molecule has 1 aliphatic carbocycles. The Bertz CT molecular complexity index is 1810. The van der Waals surface area contributed by atoms with Gasteiger partial charge in [-0.3, -0.25) is 24.6 Å². The quantitative estimate of drug-likeness (QED) is 0.162. The van der Waals surface area contributed by atoms with Gasteiger partial charge in [-0.15, -0.1) is 11.3 Å². The second-order valence-electron chi connectivity index (χ2n) is 10.3. The largest absolute Gasteiger partial charge is 0.322 e. The maximum absolute atomic E-state index is 13.9. The standard InChI is InChI=1S/C32H27FN4O3S2/c1-18-15-20(16-25-28(38)35-32(41)37(30(25)40)23-12-8-9-21(33)17-23)19(2)36(18)31-27(24-13-6-7-14-26(24)42-31)29(39)34-22-10-4-3-5-11-22/h3-5,8-12,15-17H,6-7,13-14H2,1-2H3,(H,34,39)(H,35,38,41)/b25-16+. The monoisotopic (exact) mass is 598 g/mol. The molecule has 7 nitrogen and oxygen atoms in total. The molecule has 4 aromatic rings. The van der Waals surface area contributed by atoms with Crippen molar-refractivity contribution in [1.82, 2.24) is 9.88 Å². The van der Waals surface area contributed by atoms with Gasteiger partial charge in [0.15, 0.2) is 5.11 Å². The molecular weight excluding hydrogens is 572 g/mol. The summed E-state index contributed by atoms with van der Waals surface area (Å²) < 4.78 is 16.0. The van der Waals surface area contributed by atoms with E-state index in [-0.39, 0.29) is 22.3 Å². The summed E-state index contributed by atoms with van der Waals surface area (Å²) >= 11 is 6.87. The van der Waals surface area contributed by atoms with Crippen LogP contribution in [0.15, 0.2) is 66.2 Å². The number of para-hydroxylation sites is 1. The SMILES string of the molecule is Cc1cc(/C=C2\C(=O)NC(=S)N(c3cccc(F)c3)C2=O)c(C)n1-c1sc2c(c1C(=O)Nc1ccccc1)CCCC2. The lowest BCUT2D eigenvalue weighted by atomic mass is 9.95. The van der Waals surface area contributed by atoms with Crippen LogP contribution in [0.3, 0.4) is 0 Å². The van der Waals surface area contributed by atoms with E-state index in [1.54, 1.807) is 17.4 Å². The van der Waals surface area contributed by atoms with Crippen LogP contribution in [0, 0.1) is 19.7 Å². The number of carbonyl (C=O) groups is 3. The lowest BCUT2D eigenvalue weighted by Crippen LogP contribution is -2.54. The van der Waals surface area contributed by atoms with E-state index in [4.69, 9.17) is 12.2 Å². The number of aryl methyl sites for hydroxylation is 2. The molecule has 0 bridgehead atoms. The summed E-state index contributed by atoms with van der Waals surface area (Å²) in [7, 11) is 0. The van der Waals surface area contributed by atoms with Crippen molar-refractivity contribution in [3.8, 4) is 5.00 Å². The molecule has 0 spiro atoms. The highest BCUT2D eigenvalue weighted by molar-refractivity contribution is 7.80. The van der Waals surface area contributed by atoms with Gasteiger partial charge in [0.2, 0.25) is 0 Å². The Morgan fingerprint density at radius 1 is 1.05 bits per heavy atom. The third-order valence-electron chi connectivity index (χ3n) is 7.55.